The molecule has 4 heterocycles. The summed E-state index contributed by atoms with van der Waals surface area (Å²) in [6.07, 6.45) is -0.417. The molecule has 0 bridgehead atoms. The second-order valence-electron chi connectivity index (χ2n) is 14.9. The average Bonchev–Trinajstić information content (AvgIpc) is 3.29. The smallest absolute Gasteiger partial charge is 0.548 e. The Balaban J connectivity index is 0.000000296. The van der Waals surface area contributed by atoms with Gasteiger partial charge in [-0.25, -0.2) is 0 Å². The Kier molecular flexibility index (Phi) is 19.2. The van der Waals surface area contributed by atoms with Crippen molar-refractivity contribution < 1.29 is 58.8 Å². The number of amides is 4. The molecule has 29 heteroatoms. The molecule has 4 aromatic rings. The van der Waals surface area contributed by atoms with Gasteiger partial charge in [0, 0.05) is 61.5 Å². The van der Waals surface area contributed by atoms with Gasteiger partial charge in [-0.05, 0) is 61.4 Å². The van der Waals surface area contributed by atoms with E-state index >= 15 is 0 Å². The number of benzene rings is 2. The molecule has 0 aliphatic carbocycles. The molecular weight excluding hydrogens is 941 g/mol. The van der Waals surface area contributed by atoms with Gasteiger partial charge in [0.2, 0.25) is 24.7 Å². The number of H-pyrrole nitrogens is 2. The second-order valence-corrected chi connectivity index (χ2v) is 14.9. The maximum Gasteiger partial charge on any atom is 2.00 e. The van der Waals surface area contributed by atoms with E-state index in [1.165, 1.54) is 34.1 Å². The molecule has 69 heavy (non-hydrogen) atoms. The van der Waals surface area contributed by atoms with E-state index < -0.39 is 83.8 Å². The number of carbonyl (C=O) groups excluding carboxylic acids is 6. The predicted molar refractivity (Wildman–Crippen MR) is 242 cm³/mol. The Hall–Kier alpha value is -7.98. The Labute approximate surface area is 418 Å². The largest absolute Gasteiger partial charge is 2.00 e. The monoisotopic (exact) mass is 984 g/mol. The van der Waals surface area contributed by atoms with Crippen LogP contribution in [0.2, 0.25) is 0 Å². The number of nitrogens with one attached hydrogen (secondary N) is 8. The van der Waals surface area contributed by atoms with E-state index in [-0.39, 0.29) is 110 Å². The maximum absolute atomic E-state index is 12.3. The first-order valence-corrected chi connectivity index (χ1v) is 20.3. The standard InChI is InChI=1S/2C20H23N7O7.Ca/c2*21-20-25-16-15(18(32)26-20)27(9-28)12(8-23-16)7-22-11-3-1-10(2-4-11)17(31)24-13(19(33)34)5-6-14(29)30;/h2*1-4,9,12-13,22H,5-8H2,(H,24,31)(H,29,30)(H,33,34)(H4,21,23,25,26,32);/q;;+2/p-2. The Bertz CT molecular complexity index is 2490. The van der Waals surface area contributed by atoms with Gasteiger partial charge in [0.25, 0.3) is 22.9 Å². The fourth-order valence-corrected chi connectivity index (χ4v) is 6.77. The topological polar surface area (TPSA) is 445 Å². The van der Waals surface area contributed by atoms with E-state index in [0.29, 0.717) is 37.3 Å². The number of carbonyl (C=O) groups is 8. The van der Waals surface area contributed by atoms with Crippen molar-refractivity contribution in [3.63, 3.8) is 0 Å². The van der Waals surface area contributed by atoms with E-state index in [1.807, 2.05) is 0 Å². The zero-order valence-electron chi connectivity index (χ0n) is 36.2. The van der Waals surface area contributed by atoms with Crippen LogP contribution >= 0.6 is 0 Å². The van der Waals surface area contributed by atoms with E-state index in [0.717, 1.165) is 0 Å². The third-order valence-corrected chi connectivity index (χ3v) is 10.2. The van der Waals surface area contributed by atoms with Gasteiger partial charge in [-0.1, -0.05) is 0 Å². The van der Waals surface area contributed by atoms with Gasteiger partial charge in [-0.15, -0.1) is 0 Å². The molecule has 2 aliphatic heterocycles. The SMILES string of the molecule is Nc1nc2c(c(=O)[nH]1)N(C=O)C(CNc1ccc(C(=O)NC(CCC(=O)O)C(=O)[O-])cc1)CN2.Nc1nc2c(c(=O)[nH]1)N(C=O)C(CNc1ccc(C(=O)NC(CCC(=O)O)C(=O)[O-])cc1)CN2.[Ca+2]. The minimum Gasteiger partial charge on any atom is -0.548 e. The number of fused-ring (bicyclic) bond motifs is 2. The molecule has 0 spiro atoms. The molecule has 2 aliphatic rings. The summed E-state index contributed by atoms with van der Waals surface area (Å²) in [5.74, 6) is -6.66. The van der Waals surface area contributed by atoms with Crippen LogP contribution < -0.4 is 74.5 Å². The van der Waals surface area contributed by atoms with Crippen LogP contribution in [0.3, 0.4) is 0 Å². The predicted octanol–water partition coefficient (Wildman–Crippen LogP) is -4.51. The van der Waals surface area contributed by atoms with Crippen molar-refractivity contribution in [2.45, 2.75) is 49.9 Å². The van der Waals surface area contributed by atoms with E-state index in [1.54, 1.807) is 24.3 Å². The molecule has 4 unspecified atom stereocenters. The molecule has 14 N–H and O–H groups in total. The minimum absolute atomic E-state index is 0. The molecular formula is C40H44CaN14O14. The molecule has 2 aromatic heterocycles. The summed E-state index contributed by atoms with van der Waals surface area (Å²) in [5, 5.41) is 56.3. The van der Waals surface area contributed by atoms with Gasteiger partial charge >= 0.3 is 49.7 Å². The molecule has 0 saturated heterocycles. The number of hydrogen-bond acceptors (Lipinski definition) is 20. The fourth-order valence-electron chi connectivity index (χ4n) is 6.77. The van der Waals surface area contributed by atoms with Crippen LogP contribution in [0.15, 0.2) is 58.1 Å². The van der Waals surface area contributed by atoms with Crippen LogP contribution in [0.4, 0.5) is 46.3 Å². The number of nitrogens with zero attached hydrogens (tertiary/aromatic N) is 4. The Morgan fingerprint density at radius 1 is 0.667 bits per heavy atom. The Morgan fingerprint density at radius 3 is 1.32 bits per heavy atom. The molecule has 6 rings (SSSR count). The zero-order valence-corrected chi connectivity index (χ0v) is 38.4. The van der Waals surface area contributed by atoms with E-state index in [9.17, 15) is 58.2 Å². The third-order valence-electron chi connectivity index (χ3n) is 10.2. The average molecular weight is 985 g/mol. The number of aromatic amines is 2. The zero-order chi connectivity index (χ0) is 49.7. The van der Waals surface area contributed by atoms with E-state index in [4.69, 9.17) is 21.7 Å². The van der Waals surface area contributed by atoms with Crippen molar-refractivity contribution in [3.8, 4) is 0 Å². The quantitative estimate of drug-likeness (QED) is 0.0293. The second kappa shape index (κ2) is 24.7. The third kappa shape index (κ3) is 14.5. The molecule has 0 saturated carbocycles. The normalized spacial score (nSPS) is 15.2. The van der Waals surface area contributed by atoms with Crippen LogP contribution in [0.1, 0.15) is 46.4 Å². The maximum atomic E-state index is 12.3. The molecule has 2 aromatic carbocycles. The number of anilines is 8. The van der Waals surface area contributed by atoms with Crippen LogP contribution in [0.25, 0.3) is 0 Å². The summed E-state index contributed by atoms with van der Waals surface area (Å²) < 4.78 is 0. The summed E-state index contributed by atoms with van der Waals surface area (Å²) in [6.45, 7) is 1.11. The van der Waals surface area contributed by atoms with Crippen molar-refractivity contribution in [1.82, 2.24) is 30.6 Å². The van der Waals surface area contributed by atoms with Gasteiger partial charge in [0.1, 0.15) is 0 Å². The number of nitrogens with two attached hydrogens (primary N) is 2. The number of carboxylic acids is 4. The first-order valence-electron chi connectivity index (χ1n) is 20.3. The van der Waals surface area contributed by atoms with Gasteiger partial charge in [0.05, 0.1) is 36.1 Å². The molecule has 0 radical (unpaired) electrons. The Morgan fingerprint density at radius 2 is 1.01 bits per heavy atom. The number of carboxylic acid groups (broad SMARTS) is 4. The summed E-state index contributed by atoms with van der Waals surface area (Å²) in [4.78, 5) is 131. The van der Waals surface area contributed by atoms with Crippen molar-refractivity contribution in [2.24, 2.45) is 0 Å². The van der Waals surface area contributed by atoms with Crippen molar-refractivity contribution in [2.75, 3.05) is 68.7 Å². The van der Waals surface area contributed by atoms with Crippen molar-refractivity contribution in [3.05, 3.63) is 80.4 Å². The van der Waals surface area contributed by atoms with Crippen LogP contribution in [0.5, 0.6) is 0 Å². The van der Waals surface area contributed by atoms with Gasteiger partial charge < -0.3 is 83.2 Å². The molecule has 0 fully saturated rings. The van der Waals surface area contributed by atoms with Gasteiger partial charge in [0.15, 0.2) is 23.0 Å². The first kappa shape index (κ1) is 53.6. The minimum atomic E-state index is -1.58. The van der Waals surface area contributed by atoms with Crippen LogP contribution in [0, 0.1) is 0 Å². The molecule has 4 amide bonds. The summed E-state index contributed by atoms with van der Waals surface area (Å²) in [5.41, 5.74) is 11.6. The number of aliphatic carboxylic acids is 4. The number of nitrogen functional groups attached to an aromatic ring is 2. The molecule has 28 nitrogen and oxygen atoms in total. The first-order chi connectivity index (χ1) is 32.4. The number of aromatic nitrogens is 4. The van der Waals surface area contributed by atoms with Crippen molar-refractivity contribution in [1.29, 1.82) is 0 Å². The van der Waals surface area contributed by atoms with Gasteiger partial charge in [-0.3, -0.25) is 48.3 Å². The fraction of sp³-hybridized carbons (Fsp3) is 0.300. The molecule has 4 atom stereocenters. The van der Waals surface area contributed by atoms with Crippen LogP contribution in [-0.4, -0.2) is 167 Å². The van der Waals surface area contributed by atoms with Crippen LogP contribution in [-0.2, 0) is 28.8 Å². The summed E-state index contributed by atoms with van der Waals surface area (Å²) in [7, 11) is 0. The number of rotatable bonds is 20. The molecule has 360 valence electrons. The van der Waals surface area contributed by atoms with E-state index in [2.05, 4.69) is 51.8 Å². The summed E-state index contributed by atoms with van der Waals surface area (Å²) >= 11 is 0. The van der Waals surface area contributed by atoms with Gasteiger partial charge in [-0.2, -0.15) is 9.97 Å². The summed E-state index contributed by atoms with van der Waals surface area (Å²) in [6, 6.07) is 8.35. The van der Waals surface area contributed by atoms with Crippen molar-refractivity contribution >= 4 is 133 Å². The number of hydrogen-bond donors (Lipinski definition) is 12.